The molecule has 0 aromatic heterocycles. The van der Waals surface area contributed by atoms with Crippen LogP contribution < -0.4 is 5.32 Å². The third kappa shape index (κ3) is 2.61. The Morgan fingerprint density at radius 3 is 2.95 bits per heavy atom. The van der Waals surface area contributed by atoms with Crippen molar-refractivity contribution in [3.8, 4) is 0 Å². The molecule has 2 aromatic carbocycles. The number of fused-ring (bicyclic) bond motifs is 1. The molecule has 0 spiro atoms. The second-order valence-electron chi connectivity index (χ2n) is 4.81. The Bertz CT molecular complexity index is 597. The van der Waals surface area contributed by atoms with Gasteiger partial charge in [0.25, 0.3) is 0 Å². The molecule has 1 aliphatic rings. The first kappa shape index (κ1) is 12.5. The Morgan fingerprint density at radius 1 is 1.21 bits per heavy atom. The van der Waals surface area contributed by atoms with Gasteiger partial charge < -0.3 is 5.32 Å². The summed E-state index contributed by atoms with van der Waals surface area (Å²) in [6.07, 6.45) is 4.06. The van der Waals surface area contributed by atoms with Crippen LogP contribution in [0.1, 0.15) is 23.6 Å². The Labute approximate surface area is 117 Å². The third-order valence-corrected chi connectivity index (χ3v) is 4.32. The van der Waals surface area contributed by atoms with Gasteiger partial charge in [-0.05, 0) is 60.6 Å². The molecule has 1 N–H and O–H groups in total. The Morgan fingerprint density at radius 2 is 2.11 bits per heavy atom. The van der Waals surface area contributed by atoms with Crippen molar-refractivity contribution in [2.24, 2.45) is 0 Å². The smallest absolute Gasteiger partial charge is 0.123 e. The van der Waals surface area contributed by atoms with E-state index in [1.807, 2.05) is 6.07 Å². The Balaban J connectivity index is 1.82. The Hall–Kier alpha value is -1.48. The highest BCUT2D eigenvalue weighted by molar-refractivity contribution is 7.98. The minimum atomic E-state index is -0.135. The maximum absolute atomic E-state index is 13.2. The van der Waals surface area contributed by atoms with Gasteiger partial charge in [0.1, 0.15) is 5.82 Å². The minimum absolute atomic E-state index is 0.135. The van der Waals surface area contributed by atoms with E-state index in [4.69, 9.17) is 0 Å². The lowest BCUT2D eigenvalue weighted by atomic mass is 10.1. The lowest BCUT2D eigenvalue weighted by Crippen LogP contribution is -2.07. The zero-order valence-corrected chi connectivity index (χ0v) is 11.6. The van der Waals surface area contributed by atoms with Gasteiger partial charge in [0.2, 0.25) is 0 Å². The maximum Gasteiger partial charge on any atom is 0.123 e. The number of rotatable bonds is 3. The van der Waals surface area contributed by atoms with E-state index < -0.39 is 0 Å². The van der Waals surface area contributed by atoms with Gasteiger partial charge in [-0.1, -0.05) is 12.1 Å². The second kappa shape index (κ2) is 5.25. The van der Waals surface area contributed by atoms with Gasteiger partial charge in [-0.2, -0.15) is 0 Å². The van der Waals surface area contributed by atoms with Gasteiger partial charge in [0, 0.05) is 10.6 Å². The molecule has 1 atom stereocenters. The van der Waals surface area contributed by atoms with E-state index >= 15 is 0 Å². The van der Waals surface area contributed by atoms with Crippen molar-refractivity contribution in [1.82, 2.24) is 0 Å². The van der Waals surface area contributed by atoms with E-state index in [1.165, 1.54) is 10.5 Å². The molecule has 0 saturated heterocycles. The first-order valence-corrected chi connectivity index (χ1v) is 7.67. The lowest BCUT2D eigenvalue weighted by Gasteiger charge is -2.16. The SMILES string of the molecule is CSc1cccc(NC2CCc3cc(F)ccc32)c1. The summed E-state index contributed by atoms with van der Waals surface area (Å²) in [6.45, 7) is 0. The predicted molar refractivity (Wildman–Crippen MR) is 79.3 cm³/mol. The molecule has 3 rings (SSSR count). The van der Waals surface area contributed by atoms with Crippen LogP contribution in [-0.2, 0) is 6.42 Å². The summed E-state index contributed by atoms with van der Waals surface area (Å²) in [6, 6.07) is 13.8. The number of thioether (sulfide) groups is 1. The number of halogens is 1. The average molecular weight is 273 g/mol. The molecular formula is C16H16FNS. The van der Waals surface area contributed by atoms with Crippen LogP contribution in [0.15, 0.2) is 47.4 Å². The summed E-state index contributed by atoms with van der Waals surface area (Å²) in [4.78, 5) is 1.25. The molecule has 98 valence electrons. The second-order valence-corrected chi connectivity index (χ2v) is 5.69. The van der Waals surface area contributed by atoms with Crippen LogP contribution in [-0.4, -0.2) is 6.26 Å². The van der Waals surface area contributed by atoms with Crippen molar-refractivity contribution >= 4 is 17.4 Å². The van der Waals surface area contributed by atoms with Crippen LogP contribution >= 0.6 is 11.8 Å². The summed E-state index contributed by atoms with van der Waals surface area (Å²) in [5, 5.41) is 3.56. The van der Waals surface area contributed by atoms with E-state index in [-0.39, 0.29) is 5.82 Å². The zero-order valence-electron chi connectivity index (χ0n) is 10.8. The fourth-order valence-electron chi connectivity index (χ4n) is 2.65. The van der Waals surface area contributed by atoms with Gasteiger partial charge in [-0.3, -0.25) is 0 Å². The molecule has 0 bridgehead atoms. The fraction of sp³-hybridized carbons (Fsp3) is 0.250. The number of hydrogen-bond donors (Lipinski definition) is 1. The normalized spacial score (nSPS) is 17.3. The first-order valence-electron chi connectivity index (χ1n) is 6.45. The highest BCUT2D eigenvalue weighted by Gasteiger charge is 2.22. The number of nitrogens with one attached hydrogen (secondary N) is 1. The van der Waals surface area contributed by atoms with E-state index in [0.29, 0.717) is 6.04 Å². The predicted octanol–water partition coefficient (Wildman–Crippen LogP) is 4.65. The minimum Gasteiger partial charge on any atom is -0.378 e. The Kier molecular flexibility index (Phi) is 3.47. The van der Waals surface area contributed by atoms with Crippen LogP contribution in [0.3, 0.4) is 0 Å². The van der Waals surface area contributed by atoms with E-state index in [1.54, 1.807) is 23.9 Å². The summed E-state index contributed by atoms with van der Waals surface area (Å²) in [7, 11) is 0. The molecule has 0 fully saturated rings. The molecule has 0 radical (unpaired) electrons. The van der Waals surface area contributed by atoms with Crippen molar-refractivity contribution in [1.29, 1.82) is 0 Å². The molecule has 2 aromatic rings. The van der Waals surface area contributed by atoms with Gasteiger partial charge >= 0.3 is 0 Å². The number of hydrogen-bond acceptors (Lipinski definition) is 2. The molecule has 19 heavy (non-hydrogen) atoms. The van der Waals surface area contributed by atoms with Crippen LogP contribution in [0, 0.1) is 5.82 Å². The number of benzene rings is 2. The van der Waals surface area contributed by atoms with Gasteiger partial charge in [-0.15, -0.1) is 11.8 Å². The zero-order chi connectivity index (χ0) is 13.2. The molecule has 1 nitrogen and oxygen atoms in total. The lowest BCUT2D eigenvalue weighted by molar-refractivity contribution is 0.626. The van der Waals surface area contributed by atoms with Gasteiger partial charge in [0.15, 0.2) is 0 Å². The van der Waals surface area contributed by atoms with E-state index in [0.717, 1.165) is 24.1 Å². The molecular weight excluding hydrogens is 257 g/mol. The van der Waals surface area contributed by atoms with Gasteiger partial charge in [0.05, 0.1) is 6.04 Å². The average Bonchev–Trinajstić information content (AvgIpc) is 2.81. The summed E-state index contributed by atoms with van der Waals surface area (Å²) in [5.74, 6) is -0.135. The van der Waals surface area contributed by atoms with E-state index in [9.17, 15) is 4.39 Å². The van der Waals surface area contributed by atoms with Crippen LogP contribution in [0.5, 0.6) is 0 Å². The highest BCUT2D eigenvalue weighted by Crippen LogP contribution is 2.34. The summed E-state index contributed by atoms with van der Waals surface area (Å²) >= 11 is 1.74. The number of aryl methyl sites for hydroxylation is 1. The molecule has 0 aliphatic heterocycles. The van der Waals surface area contributed by atoms with Crippen LogP contribution in [0.4, 0.5) is 10.1 Å². The first-order chi connectivity index (χ1) is 9.26. The van der Waals surface area contributed by atoms with Crippen molar-refractivity contribution < 1.29 is 4.39 Å². The highest BCUT2D eigenvalue weighted by atomic mass is 32.2. The van der Waals surface area contributed by atoms with Gasteiger partial charge in [-0.25, -0.2) is 4.39 Å². The van der Waals surface area contributed by atoms with E-state index in [2.05, 4.69) is 35.8 Å². The summed E-state index contributed by atoms with van der Waals surface area (Å²) in [5.41, 5.74) is 3.50. The molecule has 1 unspecified atom stereocenters. The van der Waals surface area contributed by atoms with Crippen LogP contribution in [0.2, 0.25) is 0 Å². The molecule has 0 saturated carbocycles. The molecule has 3 heteroatoms. The van der Waals surface area contributed by atoms with Crippen LogP contribution in [0.25, 0.3) is 0 Å². The van der Waals surface area contributed by atoms with Crippen molar-refractivity contribution in [3.63, 3.8) is 0 Å². The quantitative estimate of drug-likeness (QED) is 0.817. The van der Waals surface area contributed by atoms with Crippen molar-refractivity contribution in [2.45, 2.75) is 23.8 Å². The third-order valence-electron chi connectivity index (χ3n) is 3.59. The topological polar surface area (TPSA) is 12.0 Å². The van der Waals surface area contributed by atoms with Crippen molar-refractivity contribution in [2.75, 3.05) is 11.6 Å². The van der Waals surface area contributed by atoms with Crippen molar-refractivity contribution in [3.05, 3.63) is 59.4 Å². The monoisotopic (exact) mass is 273 g/mol. The summed E-state index contributed by atoms with van der Waals surface area (Å²) < 4.78 is 13.2. The molecule has 0 amide bonds. The molecule has 1 aliphatic carbocycles. The largest absolute Gasteiger partial charge is 0.378 e. The number of anilines is 1. The standard InChI is InChI=1S/C16H16FNS/c1-19-14-4-2-3-13(10-14)18-16-8-5-11-9-12(17)6-7-15(11)16/h2-4,6-7,9-10,16,18H,5,8H2,1H3. The fourth-order valence-corrected chi connectivity index (χ4v) is 3.11. The maximum atomic E-state index is 13.2. The molecule has 0 heterocycles.